The fourth-order valence-corrected chi connectivity index (χ4v) is 7.18. The van der Waals surface area contributed by atoms with Gasteiger partial charge in [-0.2, -0.15) is 0 Å². The van der Waals surface area contributed by atoms with Crippen molar-refractivity contribution >= 4 is 38.0 Å². The maximum Gasteiger partial charge on any atom is 0.323 e. The minimum absolute atomic E-state index is 0.0970. The van der Waals surface area contributed by atoms with Gasteiger partial charge in [-0.1, -0.05) is 119 Å². The van der Waals surface area contributed by atoms with Gasteiger partial charge in [-0.15, -0.1) is 0 Å². The molecule has 0 spiro atoms. The van der Waals surface area contributed by atoms with Gasteiger partial charge in [-0.05, 0) is 85.0 Å². The molecule has 4 aromatic carbocycles. The molecule has 0 aliphatic heterocycles. The minimum Gasteiger partial charge on any atom is -0.490 e. The maximum atomic E-state index is 13.5. The van der Waals surface area contributed by atoms with Crippen molar-refractivity contribution in [3.63, 3.8) is 0 Å². The molecule has 0 aliphatic carbocycles. The molecule has 0 aromatic heterocycles. The van der Waals surface area contributed by atoms with E-state index in [-0.39, 0.29) is 16.4 Å². The Bertz CT molecular complexity index is 1760. The second kappa shape index (κ2) is 25.3. The van der Waals surface area contributed by atoms with Crippen LogP contribution in [0.2, 0.25) is 0 Å². The van der Waals surface area contributed by atoms with Gasteiger partial charge in [-0.25, -0.2) is 0 Å². The SMILES string of the molecule is CCCCCOc1cc2c3cc(OCCCCC)c(OCCCCC)cc3c3c([N+](=O)[O-])c(OCCCCC)c(OCCCCC)cc3c2cc1OCCCCC. The Balaban J connectivity index is 2.12. The van der Waals surface area contributed by atoms with E-state index in [4.69, 9.17) is 28.4 Å². The van der Waals surface area contributed by atoms with Gasteiger partial charge < -0.3 is 28.4 Å². The quantitative estimate of drug-likeness (QED) is 0.0215. The zero-order chi connectivity index (χ0) is 40.8. The summed E-state index contributed by atoms with van der Waals surface area (Å²) in [5, 5.41) is 17.9. The summed E-state index contributed by atoms with van der Waals surface area (Å²) in [6.45, 7) is 16.0. The first-order chi connectivity index (χ1) is 27.9. The summed E-state index contributed by atoms with van der Waals surface area (Å²) in [6, 6.07) is 9.99. The third-order valence-corrected chi connectivity index (χ3v) is 10.4. The Morgan fingerprint density at radius 1 is 0.386 bits per heavy atom. The zero-order valence-corrected chi connectivity index (χ0v) is 36.1. The topological polar surface area (TPSA) is 98.5 Å². The first-order valence-electron chi connectivity index (χ1n) is 22.4. The third-order valence-electron chi connectivity index (χ3n) is 10.4. The lowest BCUT2D eigenvalue weighted by Gasteiger charge is -2.21. The number of rotatable bonds is 31. The van der Waals surface area contributed by atoms with Crippen molar-refractivity contribution in [1.82, 2.24) is 0 Å². The molecule has 0 aliphatic rings. The molecule has 4 aromatic rings. The van der Waals surface area contributed by atoms with Crippen LogP contribution in [0.1, 0.15) is 157 Å². The van der Waals surface area contributed by atoms with Crippen LogP contribution in [-0.4, -0.2) is 44.6 Å². The number of hydrogen-bond donors (Lipinski definition) is 0. The molecule has 0 saturated heterocycles. The second-order valence-corrected chi connectivity index (χ2v) is 15.3. The second-order valence-electron chi connectivity index (χ2n) is 15.3. The Morgan fingerprint density at radius 2 is 0.649 bits per heavy atom. The number of nitrogens with zero attached hydrogens (tertiary/aromatic N) is 1. The molecule has 0 N–H and O–H groups in total. The normalized spacial score (nSPS) is 11.4. The maximum absolute atomic E-state index is 13.5. The van der Waals surface area contributed by atoms with Crippen LogP contribution in [0.25, 0.3) is 32.3 Å². The lowest BCUT2D eigenvalue weighted by Crippen LogP contribution is -2.07. The van der Waals surface area contributed by atoms with Crippen molar-refractivity contribution in [2.24, 2.45) is 0 Å². The predicted octanol–water partition coefficient (Wildman–Crippen LogP) is 14.5. The van der Waals surface area contributed by atoms with E-state index in [9.17, 15) is 10.1 Å². The number of benzene rings is 4. The summed E-state index contributed by atoms with van der Waals surface area (Å²) in [5.41, 5.74) is -0.0970. The van der Waals surface area contributed by atoms with E-state index in [0.717, 1.165) is 132 Å². The molecule has 316 valence electrons. The summed E-state index contributed by atoms with van der Waals surface area (Å²) in [5.74, 6) is 3.09. The molecule has 0 atom stereocenters. The number of ether oxygens (including phenoxy) is 6. The first kappa shape index (κ1) is 45.6. The Morgan fingerprint density at radius 3 is 0.965 bits per heavy atom. The van der Waals surface area contributed by atoms with Crippen LogP contribution in [0.5, 0.6) is 34.5 Å². The summed E-state index contributed by atoms with van der Waals surface area (Å²) in [6.07, 6.45) is 17.9. The van der Waals surface area contributed by atoms with Crippen LogP contribution in [0, 0.1) is 10.1 Å². The van der Waals surface area contributed by atoms with E-state index in [1.54, 1.807) is 0 Å². The van der Waals surface area contributed by atoms with Gasteiger partial charge in [0.05, 0.1) is 50.0 Å². The van der Waals surface area contributed by atoms with Crippen molar-refractivity contribution in [3.05, 3.63) is 40.4 Å². The molecule has 9 heteroatoms. The molecule has 0 saturated carbocycles. The van der Waals surface area contributed by atoms with Crippen molar-refractivity contribution in [1.29, 1.82) is 0 Å². The van der Waals surface area contributed by atoms with Crippen molar-refractivity contribution in [2.75, 3.05) is 39.6 Å². The number of nitro groups is 1. The molecular weight excluding hydrogens is 719 g/mol. The van der Waals surface area contributed by atoms with E-state index in [1.807, 2.05) is 24.3 Å². The highest BCUT2D eigenvalue weighted by atomic mass is 16.6. The van der Waals surface area contributed by atoms with Crippen molar-refractivity contribution in [3.8, 4) is 34.5 Å². The largest absolute Gasteiger partial charge is 0.490 e. The van der Waals surface area contributed by atoms with E-state index >= 15 is 0 Å². The van der Waals surface area contributed by atoms with Crippen LogP contribution in [0.15, 0.2) is 30.3 Å². The van der Waals surface area contributed by atoms with Gasteiger partial charge in [0.25, 0.3) is 0 Å². The molecule has 9 nitrogen and oxygen atoms in total. The summed E-state index contributed by atoms with van der Waals surface area (Å²) in [4.78, 5) is 13.2. The van der Waals surface area contributed by atoms with E-state index in [0.29, 0.717) is 84.5 Å². The summed E-state index contributed by atoms with van der Waals surface area (Å²) >= 11 is 0. The van der Waals surface area contributed by atoms with Crippen molar-refractivity contribution < 1.29 is 33.3 Å². The highest BCUT2D eigenvalue weighted by Gasteiger charge is 2.30. The number of fused-ring (bicyclic) bond motifs is 6. The van der Waals surface area contributed by atoms with Crippen LogP contribution in [-0.2, 0) is 0 Å². The molecule has 0 heterocycles. The molecule has 0 bridgehead atoms. The highest BCUT2D eigenvalue weighted by Crippen LogP contribution is 2.52. The number of unbranched alkanes of at least 4 members (excludes halogenated alkanes) is 12. The van der Waals surface area contributed by atoms with E-state index < -0.39 is 0 Å². The Kier molecular flexibility index (Phi) is 20.2. The van der Waals surface area contributed by atoms with Gasteiger partial charge in [0.2, 0.25) is 5.75 Å². The first-order valence-corrected chi connectivity index (χ1v) is 22.4. The van der Waals surface area contributed by atoms with Gasteiger partial charge >= 0.3 is 5.69 Å². The molecule has 0 fully saturated rings. The number of hydrogen-bond acceptors (Lipinski definition) is 8. The molecule has 0 unspecified atom stereocenters. The lowest BCUT2D eigenvalue weighted by atomic mass is 9.92. The van der Waals surface area contributed by atoms with E-state index in [2.05, 4.69) is 47.6 Å². The molecule has 0 radical (unpaired) electrons. The molecule has 4 rings (SSSR count). The Hall–Kier alpha value is -4.14. The summed E-state index contributed by atoms with van der Waals surface area (Å²) < 4.78 is 38.8. The van der Waals surface area contributed by atoms with E-state index in [1.165, 1.54) is 0 Å². The van der Waals surface area contributed by atoms with Gasteiger partial charge in [0, 0.05) is 10.8 Å². The van der Waals surface area contributed by atoms with Crippen LogP contribution >= 0.6 is 0 Å². The predicted molar refractivity (Wildman–Crippen MR) is 236 cm³/mol. The van der Waals surface area contributed by atoms with Gasteiger partial charge in [-0.3, -0.25) is 10.1 Å². The standard InChI is InChI=1S/C48H71NO8/c1-7-13-19-25-52-41-31-36-37-32-43(54-27-21-15-9-3)44(55-28-22-16-10-4)34-39(37)46-40(38(36)33-42(41)53-26-20-14-8-2)35-45(56-29-23-17-11-5)48(47(46)49(50)51)57-30-24-18-12-6/h31-35H,7-30H2,1-6H3. The fourth-order valence-electron chi connectivity index (χ4n) is 7.18. The van der Waals surface area contributed by atoms with Crippen LogP contribution < -0.4 is 28.4 Å². The molecule has 57 heavy (non-hydrogen) atoms. The van der Waals surface area contributed by atoms with Crippen LogP contribution in [0.4, 0.5) is 5.69 Å². The van der Waals surface area contributed by atoms with Gasteiger partial charge in [0.15, 0.2) is 28.7 Å². The monoisotopic (exact) mass is 790 g/mol. The van der Waals surface area contributed by atoms with Crippen molar-refractivity contribution in [2.45, 2.75) is 157 Å². The summed E-state index contributed by atoms with van der Waals surface area (Å²) in [7, 11) is 0. The lowest BCUT2D eigenvalue weighted by molar-refractivity contribution is -0.384. The minimum atomic E-state index is -0.300. The smallest absolute Gasteiger partial charge is 0.323 e. The fraction of sp³-hybridized carbons (Fsp3) is 0.625. The van der Waals surface area contributed by atoms with Crippen LogP contribution in [0.3, 0.4) is 0 Å². The average Bonchev–Trinajstić information content (AvgIpc) is 3.21. The molecule has 0 amide bonds. The Labute approximate surface area is 342 Å². The highest BCUT2D eigenvalue weighted by molar-refractivity contribution is 6.29. The third kappa shape index (κ3) is 12.9. The number of nitro benzene ring substituents is 1. The average molecular weight is 790 g/mol. The zero-order valence-electron chi connectivity index (χ0n) is 36.1. The molecular formula is C48H71NO8. The van der Waals surface area contributed by atoms with Gasteiger partial charge in [0.1, 0.15) is 0 Å².